The van der Waals surface area contributed by atoms with Gasteiger partial charge in [0.25, 0.3) is 5.91 Å². The largest absolute Gasteiger partial charge is 0.437 e. The number of H-pyrrole nitrogens is 1. The van der Waals surface area contributed by atoms with Crippen LogP contribution in [0.4, 0.5) is 0 Å². The number of thiophene rings is 1. The number of ether oxygens (including phenoxy) is 1. The molecule has 0 radical (unpaired) electrons. The molecule has 26 heavy (non-hydrogen) atoms. The Morgan fingerprint density at radius 2 is 2.12 bits per heavy atom. The monoisotopic (exact) mass is 383 g/mol. The summed E-state index contributed by atoms with van der Waals surface area (Å²) in [5.41, 5.74) is 1.33. The number of pyridine rings is 1. The predicted molar refractivity (Wildman–Crippen MR) is 103 cm³/mol. The summed E-state index contributed by atoms with van der Waals surface area (Å²) in [5, 5.41) is 3.80. The van der Waals surface area contributed by atoms with E-state index in [0.29, 0.717) is 22.2 Å². The summed E-state index contributed by atoms with van der Waals surface area (Å²) in [7, 11) is 0. The lowest BCUT2D eigenvalue weighted by atomic mass is 10.2. The molecular weight excluding hydrogens is 370 g/mol. The van der Waals surface area contributed by atoms with E-state index in [9.17, 15) is 4.79 Å². The van der Waals surface area contributed by atoms with Crippen molar-refractivity contribution in [1.82, 2.24) is 15.3 Å². The van der Waals surface area contributed by atoms with Crippen LogP contribution in [0.1, 0.15) is 15.2 Å². The zero-order chi connectivity index (χ0) is 17.9. The zero-order valence-corrected chi connectivity index (χ0v) is 15.1. The van der Waals surface area contributed by atoms with E-state index >= 15 is 0 Å². The fourth-order valence-corrected chi connectivity index (χ4v) is 3.63. The van der Waals surface area contributed by atoms with Gasteiger partial charge in [0.05, 0.1) is 10.9 Å². The smallest absolute Gasteiger partial charge is 0.257 e. The third-order valence-corrected chi connectivity index (χ3v) is 5.06. The van der Waals surface area contributed by atoms with Crippen molar-refractivity contribution in [3.05, 3.63) is 75.7 Å². The topological polar surface area (TPSA) is 67.0 Å². The van der Waals surface area contributed by atoms with Gasteiger partial charge >= 0.3 is 0 Å². The van der Waals surface area contributed by atoms with Crippen molar-refractivity contribution >= 4 is 39.7 Å². The molecule has 0 saturated heterocycles. The van der Waals surface area contributed by atoms with E-state index in [1.807, 2.05) is 42.6 Å². The van der Waals surface area contributed by atoms with E-state index in [0.717, 1.165) is 15.8 Å². The number of rotatable bonds is 5. The molecule has 0 fully saturated rings. The number of fused-ring (bicyclic) bond motifs is 1. The molecule has 3 aromatic heterocycles. The van der Waals surface area contributed by atoms with Gasteiger partial charge in [0.1, 0.15) is 11.3 Å². The molecule has 0 aliphatic rings. The normalized spacial score (nSPS) is 10.8. The number of carbonyl (C=O) groups excluding carboxylic acids is 1. The summed E-state index contributed by atoms with van der Waals surface area (Å²) in [4.78, 5) is 20.9. The average molecular weight is 384 g/mol. The first-order chi connectivity index (χ1) is 12.7. The minimum Gasteiger partial charge on any atom is -0.437 e. The SMILES string of the molecule is O=C(NCc1ccc(Cl)s1)c1cccnc1Oc1cccc2[nH]ccc12. The predicted octanol–water partition coefficient (Wildman–Crippen LogP) is 5.00. The second-order valence-corrected chi connectivity index (χ2v) is 7.34. The Bertz CT molecular complexity index is 1070. The number of halogens is 1. The minimum atomic E-state index is -0.251. The van der Waals surface area contributed by atoms with Gasteiger partial charge in [-0.1, -0.05) is 17.7 Å². The Labute approximate surface area is 158 Å². The van der Waals surface area contributed by atoms with Crippen LogP contribution in [0.2, 0.25) is 4.34 Å². The minimum absolute atomic E-state index is 0.251. The van der Waals surface area contributed by atoms with Gasteiger partial charge in [-0.05, 0) is 42.5 Å². The summed E-state index contributed by atoms with van der Waals surface area (Å²) in [6.45, 7) is 0.401. The number of hydrogen-bond donors (Lipinski definition) is 2. The van der Waals surface area contributed by atoms with E-state index < -0.39 is 0 Å². The van der Waals surface area contributed by atoms with Crippen LogP contribution in [0, 0.1) is 0 Å². The van der Waals surface area contributed by atoms with Crippen LogP contribution in [-0.4, -0.2) is 15.9 Å². The molecule has 0 aliphatic heterocycles. The van der Waals surface area contributed by atoms with Crippen molar-refractivity contribution in [3.63, 3.8) is 0 Å². The van der Waals surface area contributed by atoms with Crippen molar-refractivity contribution in [2.45, 2.75) is 6.54 Å². The quantitative estimate of drug-likeness (QED) is 0.509. The lowest BCUT2D eigenvalue weighted by molar-refractivity contribution is 0.0948. The van der Waals surface area contributed by atoms with Crippen molar-refractivity contribution in [2.24, 2.45) is 0 Å². The van der Waals surface area contributed by atoms with Crippen molar-refractivity contribution in [3.8, 4) is 11.6 Å². The Hall–Kier alpha value is -2.83. The maximum atomic E-state index is 12.6. The molecule has 1 amide bonds. The fraction of sp³-hybridized carbons (Fsp3) is 0.0526. The molecule has 4 aromatic rings. The van der Waals surface area contributed by atoms with E-state index in [1.54, 1.807) is 18.3 Å². The number of hydrogen-bond acceptors (Lipinski definition) is 4. The van der Waals surface area contributed by atoms with Crippen LogP contribution in [0.5, 0.6) is 11.6 Å². The molecule has 0 spiro atoms. The molecule has 0 bridgehead atoms. The molecule has 0 unspecified atom stereocenters. The summed E-state index contributed by atoms with van der Waals surface area (Å²) >= 11 is 7.35. The summed E-state index contributed by atoms with van der Waals surface area (Å²) in [5.74, 6) is 0.656. The summed E-state index contributed by atoms with van der Waals surface area (Å²) in [6, 6.07) is 14.7. The number of nitrogens with one attached hydrogen (secondary N) is 2. The summed E-state index contributed by atoms with van der Waals surface area (Å²) in [6.07, 6.45) is 3.44. The van der Waals surface area contributed by atoms with E-state index in [1.165, 1.54) is 11.3 Å². The standard InChI is InChI=1S/C19H14ClN3O2S/c20-17-7-6-12(26-17)11-23-18(24)14-3-2-9-22-19(14)25-16-5-1-4-15-13(16)8-10-21-15/h1-10,21H,11H2,(H,23,24). The van der Waals surface area contributed by atoms with Gasteiger partial charge in [0, 0.05) is 28.2 Å². The Kier molecular flexibility index (Phi) is 4.60. The third kappa shape index (κ3) is 3.42. The van der Waals surface area contributed by atoms with Gasteiger partial charge in [-0.25, -0.2) is 4.98 Å². The molecular formula is C19H14ClN3O2S. The van der Waals surface area contributed by atoms with Gasteiger partial charge in [0.2, 0.25) is 5.88 Å². The number of carbonyl (C=O) groups is 1. The molecule has 1 aromatic carbocycles. The summed E-state index contributed by atoms with van der Waals surface area (Å²) < 4.78 is 6.64. The lowest BCUT2D eigenvalue weighted by Crippen LogP contribution is -2.23. The zero-order valence-electron chi connectivity index (χ0n) is 13.5. The van der Waals surface area contributed by atoms with E-state index in [4.69, 9.17) is 16.3 Å². The van der Waals surface area contributed by atoms with Gasteiger partial charge < -0.3 is 15.0 Å². The van der Waals surface area contributed by atoms with Crippen LogP contribution in [0.3, 0.4) is 0 Å². The van der Waals surface area contributed by atoms with E-state index in [2.05, 4.69) is 15.3 Å². The average Bonchev–Trinajstić information content (AvgIpc) is 3.29. The van der Waals surface area contributed by atoms with Gasteiger partial charge in [-0.15, -0.1) is 11.3 Å². The number of nitrogens with zero attached hydrogens (tertiary/aromatic N) is 1. The first-order valence-corrected chi connectivity index (χ1v) is 9.11. The van der Waals surface area contributed by atoms with Gasteiger partial charge in [-0.2, -0.15) is 0 Å². The number of amides is 1. The Balaban J connectivity index is 1.56. The molecule has 3 heterocycles. The van der Waals surface area contributed by atoms with Gasteiger partial charge in [0.15, 0.2) is 0 Å². The molecule has 4 rings (SSSR count). The molecule has 130 valence electrons. The van der Waals surface area contributed by atoms with E-state index in [-0.39, 0.29) is 11.8 Å². The van der Waals surface area contributed by atoms with Crippen LogP contribution >= 0.6 is 22.9 Å². The van der Waals surface area contributed by atoms with Crippen LogP contribution < -0.4 is 10.1 Å². The van der Waals surface area contributed by atoms with Crippen molar-refractivity contribution in [2.75, 3.05) is 0 Å². The number of aromatic amines is 1. The maximum absolute atomic E-state index is 12.6. The van der Waals surface area contributed by atoms with Crippen molar-refractivity contribution in [1.29, 1.82) is 0 Å². The second kappa shape index (κ2) is 7.19. The molecule has 0 aliphatic carbocycles. The number of aromatic nitrogens is 2. The second-order valence-electron chi connectivity index (χ2n) is 5.54. The number of benzene rings is 1. The van der Waals surface area contributed by atoms with Crippen LogP contribution in [-0.2, 0) is 6.54 Å². The highest BCUT2D eigenvalue weighted by molar-refractivity contribution is 7.16. The Morgan fingerprint density at radius 3 is 2.96 bits per heavy atom. The van der Waals surface area contributed by atoms with Crippen LogP contribution in [0.25, 0.3) is 10.9 Å². The van der Waals surface area contributed by atoms with Crippen molar-refractivity contribution < 1.29 is 9.53 Å². The molecule has 0 atom stereocenters. The fourth-order valence-electron chi connectivity index (χ4n) is 2.60. The maximum Gasteiger partial charge on any atom is 0.257 e. The molecule has 0 saturated carbocycles. The lowest BCUT2D eigenvalue weighted by Gasteiger charge is -2.10. The molecule has 5 nitrogen and oxygen atoms in total. The first kappa shape index (κ1) is 16.6. The molecule has 7 heteroatoms. The first-order valence-electron chi connectivity index (χ1n) is 7.92. The highest BCUT2D eigenvalue weighted by Crippen LogP contribution is 2.30. The van der Waals surface area contributed by atoms with Gasteiger partial charge in [-0.3, -0.25) is 4.79 Å². The highest BCUT2D eigenvalue weighted by Gasteiger charge is 2.15. The highest BCUT2D eigenvalue weighted by atomic mass is 35.5. The third-order valence-electron chi connectivity index (χ3n) is 3.83. The molecule has 2 N–H and O–H groups in total. The Morgan fingerprint density at radius 1 is 1.19 bits per heavy atom. The van der Waals surface area contributed by atoms with Crippen LogP contribution in [0.15, 0.2) is 60.9 Å².